The van der Waals surface area contributed by atoms with Crippen molar-refractivity contribution in [2.45, 2.75) is 62.1 Å². The molecule has 12 heteroatoms. The summed E-state index contributed by atoms with van der Waals surface area (Å²) in [6.07, 6.45) is 2.15. The van der Waals surface area contributed by atoms with Crippen molar-refractivity contribution < 1.29 is 43.5 Å². The van der Waals surface area contributed by atoms with Crippen molar-refractivity contribution in [3.05, 3.63) is 59.7 Å². The first-order chi connectivity index (χ1) is 21.7. The van der Waals surface area contributed by atoms with Crippen molar-refractivity contribution in [1.82, 2.24) is 5.06 Å². The highest BCUT2D eigenvalue weighted by Gasteiger charge is 2.33. The van der Waals surface area contributed by atoms with E-state index in [9.17, 15) is 15.1 Å². The minimum Gasteiger partial charge on any atom is -0.508 e. The van der Waals surface area contributed by atoms with Gasteiger partial charge in [-0.2, -0.15) is 0 Å². The maximum atomic E-state index is 12.8. The van der Waals surface area contributed by atoms with Crippen molar-refractivity contribution in [1.29, 1.82) is 0 Å². The van der Waals surface area contributed by atoms with Gasteiger partial charge in [0.25, 0.3) is 0 Å². The molecule has 11 nitrogen and oxygen atoms in total. The van der Waals surface area contributed by atoms with Crippen LogP contribution in [0.5, 0.6) is 34.5 Å². The summed E-state index contributed by atoms with van der Waals surface area (Å²) in [7, 11) is 6.23. The van der Waals surface area contributed by atoms with Gasteiger partial charge in [0.2, 0.25) is 5.75 Å². The van der Waals surface area contributed by atoms with Crippen molar-refractivity contribution in [2.75, 3.05) is 40.3 Å². The minimum atomic E-state index is -0.649. The Hall–Kier alpha value is -4.00. The number of aromatic hydroxyl groups is 1. The zero-order valence-electron chi connectivity index (χ0n) is 26.5. The molecule has 3 unspecified atom stereocenters. The molecule has 0 radical (unpaired) electrons. The lowest BCUT2D eigenvalue weighted by molar-refractivity contribution is -0.0379. The molecule has 0 bridgehead atoms. The molecule has 1 fully saturated rings. The van der Waals surface area contributed by atoms with Crippen molar-refractivity contribution >= 4 is 23.5 Å². The molecular formula is C33H42N2O9S. The molecule has 45 heavy (non-hydrogen) atoms. The van der Waals surface area contributed by atoms with E-state index in [4.69, 9.17) is 28.4 Å². The summed E-state index contributed by atoms with van der Waals surface area (Å²) in [4.78, 5) is 13.7. The predicted octanol–water partition coefficient (Wildman–Crippen LogP) is 7.56. The van der Waals surface area contributed by atoms with Gasteiger partial charge in [-0.15, -0.1) is 0 Å². The third-order valence-electron chi connectivity index (χ3n) is 7.36. The summed E-state index contributed by atoms with van der Waals surface area (Å²) >= 11 is 1.47. The largest absolute Gasteiger partial charge is 0.508 e. The molecule has 1 saturated heterocycles. The average molecular weight is 643 g/mol. The lowest BCUT2D eigenvalue weighted by atomic mass is 10.0. The van der Waals surface area contributed by atoms with Gasteiger partial charge in [-0.05, 0) is 74.2 Å². The zero-order valence-corrected chi connectivity index (χ0v) is 27.3. The van der Waals surface area contributed by atoms with Crippen molar-refractivity contribution in [3.63, 3.8) is 0 Å². The van der Waals surface area contributed by atoms with Crippen molar-refractivity contribution in [3.8, 4) is 34.5 Å². The van der Waals surface area contributed by atoms with E-state index >= 15 is 0 Å². The average Bonchev–Trinajstić information content (AvgIpc) is 3.54. The molecule has 2 amide bonds. The van der Waals surface area contributed by atoms with Crippen LogP contribution in [0, 0.1) is 0 Å². The predicted molar refractivity (Wildman–Crippen MR) is 171 cm³/mol. The SMILES string of the molecule is CCCCN(O)C(=O)Nc1cc(OC)c(OC(C)Sc2ccc(O)cc2)c(C2CCC(c3cc(OC)c(OC)c(OC)c3)O2)c1. The number of unbranched alkanes of at least 4 members (excludes halogenated alkanes) is 1. The number of rotatable bonds is 14. The Labute approximate surface area is 268 Å². The van der Waals surface area contributed by atoms with E-state index < -0.39 is 12.1 Å². The normalized spacial score (nSPS) is 16.5. The first-order valence-corrected chi connectivity index (χ1v) is 15.7. The number of phenolic OH excluding ortho intramolecular Hbond substituents is 1. The van der Waals surface area contributed by atoms with Crippen LogP contribution in [0.2, 0.25) is 0 Å². The van der Waals surface area contributed by atoms with E-state index in [1.807, 2.05) is 38.1 Å². The van der Waals surface area contributed by atoms with Gasteiger partial charge in [0, 0.05) is 22.2 Å². The summed E-state index contributed by atoms with van der Waals surface area (Å²) in [5, 5.41) is 23.3. The molecule has 0 aliphatic carbocycles. The van der Waals surface area contributed by atoms with Gasteiger partial charge in [0.05, 0.1) is 47.2 Å². The maximum Gasteiger partial charge on any atom is 0.345 e. The monoisotopic (exact) mass is 642 g/mol. The second-order valence-electron chi connectivity index (χ2n) is 10.5. The number of hydrogen-bond donors (Lipinski definition) is 3. The van der Waals surface area contributed by atoms with Gasteiger partial charge < -0.3 is 38.8 Å². The molecule has 0 aromatic heterocycles. The molecule has 3 atom stereocenters. The third-order valence-corrected chi connectivity index (χ3v) is 8.33. The molecule has 0 spiro atoms. The fraction of sp³-hybridized carbons (Fsp3) is 0.424. The molecule has 1 aliphatic rings. The summed E-state index contributed by atoms with van der Waals surface area (Å²) in [5.74, 6) is 2.64. The minimum absolute atomic E-state index is 0.186. The van der Waals surface area contributed by atoms with Crippen LogP contribution in [0.25, 0.3) is 0 Å². The molecule has 244 valence electrons. The third kappa shape index (κ3) is 8.38. The van der Waals surface area contributed by atoms with Crippen LogP contribution in [-0.4, -0.2) is 61.8 Å². The quantitative estimate of drug-likeness (QED) is 0.0701. The summed E-state index contributed by atoms with van der Waals surface area (Å²) in [6, 6.07) is 13.5. The molecule has 1 aliphatic heterocycles. The number of carbonyl (C=O) groups is 1. The van der Waals surface area contributed by atoms with E-state index in [0.29, 0.717) is 64.3 Å². The second kappa shape index (κ2) is 15.8. The fourth-order valence-corrected chi connectivity index (χ4v) is 5.94. The Morgan fingerprint density at radius 2 is 1.58 bits per heavy atom. The molecule has 1 heterocycles. The number of thioether (sulfide) groups is 1. The maximum absolute atomic E-state index is 12.8. The van der Waals surface area contributed by atoms with Crippen LogP contribution in [-0.2, 0) is 4.74 Å². The van der Waals surface area contributed by atoms with E-state index in [0.717, 1.165) is 16.9 Å². The first-order valence-electron chi connectivity index (χ1n) is 14.8. The smallest absolute Gasteiger partial charge is 0.345 e. The van der Waals surface area contributed by atoms with E-state index in [2.05, 4.69) is 5.32 Å². The summed E-state index contributed by atoms with van der Waals surface area (Å²) in [5.41, 5.74) is 1.63. The van der Waals surface area contributed by atoms with E-state index in [-0.39, 0.29) is 23.8 Å². The Balaban J connectivity index is 1.66. The molecule has 4 rings (SSSR count). The lowest BCUT2D eigenvalue weighted by Crippen LogP contribution is -2.32. The summed E-state index contributed by atoms with van der Waals surface area (Å²) in [6.45, 7) is 4.11. The van der Waals surface area contributed by atoms with Gasteiger partial charge in [-0.1, -0.05) is 25.1 Å². The Morgan fingerprint density at radius 3 is 2.18 bits per heavy atom. The van der Waals surface area contributed by atoms with Crippen LogP contribution >= 0.6 is 11.8 Å². The second-order valence-corrected chi connectivity index (χ2v) is 11.8. The zero-order chi connectivity index (χ0) is 32.5. The number of hydroxylamine groups is 2. The van der Waals surface area contributed by atoms with Crippen LogP contribution in [0.4, 0.5) is 10.5 Å². The molecule has 3 aromatic rings. The van der Waals surface area contributed by atoms with Crippen LogP contribution < -0.4 is 29.0 Å². The Bertz CT molecular complexity index is 1410. The fourth-order valence-electron chi connectivity index (χ4n) is 5.12. The van der Waals surface area contributed by atoms with Gasteiger partial charge >= 0.3 is 6.03 Å². The number of urea groups is 1. The highest BCUT2D eigenvalue weighted by molar-refractivity contribution is 7.99. The number of methoxy groups -OCH3 is 4. The molecule has 3 N–H and O–H groups in total. The van der Waals surface area contributed by atoms with Gasteiger partial charge in [-0.3, -0.25) is 5.21 Å². The number of nitrogens with zero attached hydrogens (tertiary/aromatic N) is 1. The van der Waals surface area contributed by atoms with Crippen LogP contribution in [0.1, 0.15) is 62.9 Å². The van der Waals surface area contributed by atoms with Gasteiger partial charge in [-0.25, -0.2) is 9.86 Å². The number of carbonyl (C=O) groups excluding carboxylic acids is 1. The molecule has 3 aromatic carbocycles. The number of anilines is 1. The van der Waals surface area contributed by atoms with E-state index in [1.165, 1.54) is 18.9 Å². The first kappa shape index (κ1) is 33.9. The number of ether oxygens (including phenoxy) is 6. The highest BCUT2D eigenvalue weighted by Crippen LogP contribution is 2.50. The standard InChI is InChI=1S/C33H42N2O9S/c1-7-8-15-35(38)33(37)34-22-18-25(31(30(19-22)41-5)43-20(2)45-24-11-9-23(36)10-12-24)27-14-13-26(44-27)21-16-28(39-3)32(42-6)29(17-21)40-4/h9-12,16-20,26-27,36,38H,7-8,13-15H2,1-6H3,(H,34,37). The molecule has 0 saturated carbocycles. The molecular weight excluding hydrogens is 600 g/mol. The number of hydrogen-bond acceptors (Lipinski definition) is 10. The van der Waals surface area contributed by atoms with Gasteiger partial charge in [0.15, 0.2) is 23.0 Å². The lowest BCUT2D eigenvalue weighted by Gasteiger charge is -2.24. The van der Waals surface area contributed by atoms with Gasteiger partial charge in [0.1, 0.15) is 11.2 Å². The highest BCUT2D eigenvalue weighted by atomic mass is 32.2. The number of nitrogens with one attached hydrogen (secondary N) is 1. The summed E-state index contributed by atoms with van der Waals surface area (Å²) < 4.78 is 35.5. The van der Waals surface area contributed by atoms with E-state index in [1.54, 1.807) is 45.6 Å². The number of phenols is 1. The van der Waals surface area contributed by atoms with Crippen molar-refractivity contribution in [2.24, 2.45) is 0 Å². The Kier molecular flexibility index (Phi) is 11.9. The van der Waals surface area contributed by atoms with Crippen LogP contribution in [0.3, 0.4) is 0 Å². The van der Waals surface area contributed by atoms with Crippen LogP contribution in [0.15, 0.2) is 53.4 Å². The Morgan fingerprint density at radius 1 is 0.956 bits per heavy atom. The topological polar surface area (TPSA) is 128 Å². The number of amides is 2. The number of benzene rings is 3.